The molecule has 0 aliphatic rings. The van der Waals surface area contributed by atoms with E-state index in [-0.39, 0.29) is 4.90 Å². The van der Waals surface area contributed by atoms with E-state index >= 15 is 0 Å². The van der Waals surface area contributed by atoms with Crippen molar-refractivity contribution in [2.24, 2.45) is 5.10 Å². The number of ether oxygens (including phenoxy) is 2. The van der Waals surface area contributed by atoms with Crippen molar-refractivity contribution in [2.75, 3.05) is 25.1 Å². The molecule has 0 saturated heterocycles. The van der Waals surface area contributed by atoms with E-state index in [2.05, 4.69) is 17.1 Å². The Bertz CT molecular complexity index is 1270. The van der Waals surface area contributed by atoms with E-state index < -0.39 is 15.9 Å². The molecule has 0 fully saturated rings. The number of nitrogens with zero attached hydrogens (tertiary/aromatic N) is 2. The van der Waals surface area contributed by atoms with Gasteiger partial charge >= 0.3 is 0 Å². The highest BCUT2D eigenvalue weighted by molar-refractivity contribution is 7.92. The second-order valence-electron chi connectivity index (χ2n) is 7.04. The number of carbonyl (C=O) groups excluding carboxylic acids is 1. The fourth-order valence-electron chi connectivity index (χ4n) is 2.97. The number of nitrogens with one attached hydrogen (secondary N) is 1. The predicted octanol–water partition coefficient (Wildman–Crippen LogP) is 3.85. The Hall–Kier alpha value is -4.11. The van der Waals surface area contributed by atoms with Gasteiger partial charge in [-0.05, 0) is 60.2 Å². The van der Waals surface area contributed by atoms with Crippen LogP contribution in [0.5, 0.6) is 11.5 Å². The summed E-state index contributed by atoms with van der Waals surface area (Å²) in [5.74, 6) is 0.666. The predicted molar refractivity (Wildman–Crippen MR) is 132 cm³/mol. The van der Waals surface area contributed by atoms with E-state index in [1.807, 2.05) is 0 Å². The zero-order valence-corrected chi connectivity index (χ0v) is 19.7. The number of hydrogen-bond acceptors (Lipinski definition) is 6. The minimum absolute atomic E-state index is 0.186. The lowest BCUT2D eigenvalue weighted by molar-refractivity contribution is 0.0955. The third-order valence-corrected chi connectivity index (χ3v) is 6.62. The Labute approximate surface area is 199 Å². The standard InChI is InChI=1S/C25H25N3O5S/c1-4-16-33-23-15-10-19(17-24(23)32-3)18-26-27-25(29)20-11-13-21(14-12-20)28(2)34(30,31)22-8-6-5-7-9-22/h4-15,17-18H,1,16H2,2-3H3,(H,27,29)/b26-18+. The van der Waals surface area contributed by atoms with Gasteiger partial charge in [-0.25, -0.2) is 13.8 Å². The van der Waals surface area contributed by atoms with Gasteiger partial charge in [0.1, 0.15) is 6.61 Å². The topological polar surface area (TPSA) is 97.3 Å². The van der Waals surface area contributed by atoms with Gasteiger partial charge in [0.15, 0.2) is 11.5 Å². The normalized spacial score (nSPS) is 11.1. The third kappa shape index (κ3) is 5.81. The van der Waals surface area contributed by atoms with Crippen LogP contribution in [0.3, 0.4) is 0 Å². The average molecular weight is 480 g/mol. The van der Waals surface area contributed by atoms with Gasteiger partial charge in [-0.15, -0.1) is 0 Å². The van der Waals surface area contributed by atoms with Crippen molar-refractivity contribution in [3.05, 3.63) is 96.6 Å². The molecule has 3 rings (SSSR count). The molecule has 0 radical (unpaired) electrons. The summed E-state index contributed by atoms with van der Waals surface area (Å²) in [5, 5.41) is 3.98. The molecule has 3 aromatic rings. The van der Waals surface area contributed by atoms with Crippen molar-refractivity contribution in [3.8, 4) is 11.5 Å². The van der Waals surface area contributed by atoms with Crippen LogP contribution in [-0.2, 0) is 10.0 Å². The van der Waals surface area contributed by atoms with Crippen LogP contribution in [0.25, 0.3) is 0 Å². The number of sulfonamides is 1. The Balaban J connectivity index is 1.65. The van der Waals surface area contributed by atoms with Crippen molar-refractivity contribution >= 4 is 27.8 Å². The van der Waals surface area contributed by atoms with Gasteiger partial charge in [-0.2, -0.15) is 5.10 Å². The molecule has 3 aromatic carbocycles. The van der Waals surface area contributed by atoms with Crippen LogP contribution < -0.4 is 19.2 Å². The second kappa shape index (κ2) is 11.2. The molecular formula is C25H25N3O5S. The van der Waals surface area contributed by atoms with Crippen molar-refractivity contribution in [1.82, 2.24) is 5.43 Å². The van der Waals surface area contributed by atoms with E-state index in [9.17, 15) is 13.2 Å². The fourth-order valence-corrected chi connectivity index (χ4v) is 4.19. The summed E-state index contributed by atoms with van der Waals surface area (Å²) in [6.07, 6.45) is 3.11. The Morgan fingerprint density at radius 2 is 1.76 bits per heavy atom. The number of benzene rings is 3. The van der Waals surface area contributed by atoms with Gasteiger partial charge < -0.3 is 9.47 Å². The molecule has 9 heteroatoms. The minimum Gasteiger partial charge on any atom is -0.493 e. The summed E-state index contributed by atoms with van der Waals surface area (Å²) in [4.78, 5) is 12.6. The van der Waals surface area contributed by atoms with Gasteiger partial charge in [-0.3, -0.25) is 9.10 Å². The molecule has 1 N–H and O–H groups in total. The van der Waals surface area contributed by atoms with Crippen molar-refractivity contribution in [3.63, 3.8) is 0 Å². The van der Waals surface area contributed by atoms with Crippen molar-refractivity contribution in [2.45, 2.75) is 4.90 Å². The second-order valence-corrected chi connectivity index (χ2v) is 9.01. The van der Waals surface area contributed by atoms with Crippen molar-refractivity contribution in [1.29, 1.82) is 0 Å². The molecular weight excluding hydrogens is 454 g/mol. The van der Waals surface area contributed by atoms with E-state index in [1.54, 1.807) is 54.6 Å². The number of carbonyl (C=O) groups is 1. The average Bonchev–Trinajstić information content (AvgIpc) is 2.87. The van der Waals surface area contributed by atoms with Crippen LogP contribution in [0.2, 0.25) is 0 Å². The number of methoxy groups -OCH3 is 1. The zero-order chi connectivity index (χ0) is 24.6. The highest BCUT2D eigenvalue weighted by Crippen LogP contribution is 2.27. The van der Waals surface area contributed by atoms with Crippen LogP contribution >= 0.6 is 0 Å². The van der Waals surface area contributed by atoms with Crippen LogP contribution in [-0.4, -0.2) is 41.3 Å². The Morgan fingerprint density at radius 1 is 1.06 bits per heavy atom. The molecule has 0 aliphatic heterocycles. The monoisotopic (exact) mass is 479 g/mol. The maximum Gasteiger partial charge on any atom is 0.271 e. The maximum absolute atomic E-state index is 12.8. The Kier molecular flexibility index (Phi) is 8.05. The lowest BCUT2D eigenvalue weighted by Gasteiger charge is -2.19. The summed E-state index contributed by atoms with van der Waals surface area (Å²) in [7, 11) is -0.704. The summed E-state index contributed by atoms with van der Waals surface area (Å²) < 4.78 is 37.5. The smallest absolute Gasteiger partial charge is 0.271 e. The maximum atomic E-state index is 12.8. The lowest BCUT2D eigenvalue weighted by atomic mass is 10.2. The van der Waals surface area contributed by atoms with Gasteiger partial charge in [0.2, 0.25) is 0 Å². The number of anilines is 1. The van der Waals surface area contributed by atoms with Gasteiger partial charge in [-0.1, -0.05) is 30.9 Å². The number of rotatable bonds is 10. The first kappa shape index (κ1) is 24.5. The minimum atomic E-state index is -3.70. The molecule has 0 saturated carbocycles. The molecule has 8 nitrogen and oxygen atoms in total. The SMILES string of the molecule is C=CCOc1ccc(/C=N/NC(=O)c2ccc(N(C)S(=O)(=O)c3ccccc3)cc2)cc1OC. The first-order valence-electron chi connectivity index (χ1n) is 10.3. The summed E-state index contributed by atoms with van der Waals surface area (Å²) >= 11 is 0. The summed E-state index contributed by atoms with van der Waals surface area (Å²) in [5.41, 5.74) is 3.91. The molecule has 0 spiro atoms. The first-order valence-corrected chi connectivity index (χ1v) is 11.7. The van der Waals surface area contributed by atoms with Gasteiger partial charge in [0.05, 0.1) is 23.9 Å². The molecule has 0 bridgehead atoms. The fraction of sp³-hybridized carbons (Fsp3) is 0.120. The van der Waals surface area contributed by atoms with Crippen molar-refractivity contribution < 1.29 is 22.7 Å². The summed E-state index contributed by atoms with van der Waals surface area (Å²) in [6, 6.07) is 19.6. The highest BCUT2D eigenvalue weighted by atomic mass is 32.2. The molecule has 34 heavy (non-hydrogen) atoms. The third-order valence-electron chi connectivity index (χ3n) is 4.82. The highest BCUT2D eigenvalue weighted by Gasteiger charge is 2.21. The molecule has 0 aliphatic carbocycles. The summed E-state index contributed by atoms with van der Waals surface area (Å²) in [6.45, 7) is 3.96. The largest absolute Gasteiger partial charge is 0.493 e. The van der Waals surface area contributed by atoms with Crippen LogP contribution in [0, 0.1) is 0 Å². The quantitative estimate of drug-likeness (QED) is 0.271. The van der Waals surface area contributed by atoms with E-state index in [0.717, 1.165) is 4.31 Å². The molecule has 0 heterocycles. The molecule has 1 amide bonds. The van der Waals surface area contributed by atoms with Crippen LogP contribution in [0.1, 0.15) is 15.9 Å². The van der Waals surface area contributed by atoms with E-state index in [4.69, 9.17) is 9.47 Å². The van der Waals surface area contributed by atoms with E-state index in [0.29, 0.717) is 34.9 Å². The van der Waals surface area contributed by atoms with Gasteiger partial charge in [0, 0.05) is 12.6 Å². The number of hydrogen-bond donors (Lipinski definition) is 1. The Morgan fingerprint density at radius 3 is 2.41 bits per heavy atom. The number of hydrazone groups is 1. The van der Waals surface area contributed by atoms with Crippen LogP contribution in [0.15, 0.2) is 95.4 Å². The van der Waals surface area contributed by atoms with Gasteiger partial charge in [0.25, 0.3) is 15.9 Å². The number of amides is 1. The molecule has 0 aromatic heterocycles. The molecule has 0 unspecified atom stereocenters. The zero-order valence-electron chi connectivity index (χ0n) is 18.8. The molecule has 176 valence electrons. The van der Waals surface area contributed by atoms with E-state index in [1.165, 1.54) is 44.6 Å². The molecule has 0 atom stereocenters. The van der Waals surface area contributed by atoms with Crippen LogP contribution in [0.4, 0.5) is 5.69 Å². The first-order chi connectivity index (χ1) is 16.4. The lowest BCUT2D eigenvalue weighted by Crippen LogP contribution is -2.26.